The van der Waals surface area contributed by atoms with Crippen LogP contribution in [0.3, 0.4) is 0 Å². The van der Waals surface area contributed by atoms with Crippen molar-refractivity contribution in [2.24, 2.45) is 5.73 Å². The Balaban J connectivity index is 2.05. The molecular weight excluding hydrogens is 379 g/mol. The van der Waals surface area contributed by atoms with Gasteiger partial charge in [-0.2, -0.15) is 13.2 Å². The maximum absolute atomic E-state index is 12.2. The number of carbonyl (C=O) groups excluding carboxylic acids is 1. The average Bonchev–Trinajstić information content (AvgIpc) is 2.49. The molecule has 2 rings (SSSR count). The molecule has 1 heterocycles. The summed E-state index contributed by atoms with van der Waals surface area (Å²) in [4.78, 5) is 12.8. The van der Waals surface area contributed by atoms with E-state index < -0.39 is 18.2 Å². The molecule has 1 amide bonds. The molecule has 0 aromatic heterocycles. The fourth-order valence-corrected chi connectivity index (χ4v) is 2.82. The number of nitrogens with zero attached hydrogens (tertiary/aromatic N) is 1. The second-order valence-electron chi connectivity index (χ2n) is 5.29. The largest absolute Gasteiger partial charge is 0.471 e. The number of hydrogen-bond acceptors (Lipinski definition) is 4. The zero-order chi connectivity index (χ0) is 17.2. The van der Waals surface area contributed by atoms with Crippen molar-refractivity contribution in [1.29, 1.82) is 0 Å². The first kappa shape index (κ1) is 18.2. The summed E-state index contributed by atoms with van der Waals surface area (Å²) in [6, 6.07) is 5.98. The molecule has 0 aliphatic carbocycles. The van der Waals surface area contributed by atoms with Gasteiger partial charge in [-0.3, -0.25) is 9.69 Å². The lowest BCUT2D eigenvalue weighted by Gasteiger charge is -2.39. The van der Waals surface area contributed by atoms with Gasteiger partial charge in [0.2, 0.25) is 0 Å². The number of ether oxygens (including phenoxy) is 1. The van der Waals surface area contributed by atoms with E-state index in [0.717, 1.165) is 5.56 Å². The van der Waals surface area contributed by atoms with Crippen LogP contribution >= 0.6 is 15.9 Å². The van der Waals surface area contributed by atoms with Gasteiger partial charge in [0.25, 0.3) is 0 Å². The van der Waals surface area contributed by atoms with Crippen LogP contribution in [0.1, 0.15) is 18.7 Å². The third-order valence-electron chi connectivity index (χ3n) is 3.47. The van der Waals surface area contributed by atoms with Gasteiger partial charge >= 0.3 is 12.1 Å². The number of alkyl halides is 4. The number of benzene rings is 1. The molecule has 9 heteroatoms. The monoisotopic (exact) mass is 395 g/mol. The van der Waals surface area contributed by atoms with Crippen LogP contribution in [-0.2, 0) is 9.53 Å². The highest BCUT2D eigenvalue weighted by atomic mass is 79.9. The average molecular weight is 396 g/mol. The molecule has 1 aliphatic rings. The number of anilines is 1. The van der Waals surface area contributed by atoms with Crippen molar-refractivity contribution in [1.82, 2.24) is 4.90 Å². The number of amides is 1. The van der Waals surface area contributed by atoms with Crippen LogP contribution in [0.4, 0.5) is 18.9 Å². The van der Waals surface area contributed by atoms with E-state index in [1.54, 1.807) is 17.4 Å². The van der Waals surface area contributed by atoms with Crippen LogP contribution in [0.15, 0.2) is 24.3 Å². The van der Waals surface area contributed by atoms with Crippen molar-refractivity contribution in [2.75, 3.05) is 18.5 Å². The maximum Gasteiger partial charge on any atom is 0.471 e. The number of carbonyl (C=O) groups is 1. The molecule has 5 nitrogen and oxygen atoms in total. The molecule has 1 aromatic carbocycles. The molecule has 0 saturated carbocycles. The van der Waals surface area contributed by atoms with E-state index in [1.165, 1.54) is 12.1 Å². The Kier molecular flexibility index (Phi) is 5.66. The van der Waals surface area contributed by atoms with Crippen molar-refractivity contribution in [3.8, 4) is 0 Å². The third-order valence-corrected chi connectivity index (χ3v) is 4.26. The molecule has 1 saturated heterocycles. The van der Waals surface area contributed by atoms with Crippen LogP contribution in [0.5, 0.6) is 0 Å². The molecule has 23 heavy (non-hydrogen) atoms. The molecule has 0 radical (unpaired) electrons. The summed E-state index contributed by atoms with van der Waals surface area (Å²) < 4.78 is 42.1. The van der Waals surface area contributed by atoms with Gasteiger partial charge in [0.15, 0.2) is 0 Å². The van der Waals surface area contributed by atoms with E-state index >= 15 is 0 Å². The number of rotatable bonds is 3. The molecule has 0 bridgehead atoms. The number of nitrogens with two attached hydrogens (primary N) is 1. The minimum absolute atomic E-state index is 0.0418. The lowest BCUT2D eigenvalue weighted by molar-refractivity contribution is -0.167. The standard InChI is InChI=1S/C14H17BrF3N3O2/c1-8-6-21(11(15)7-23-8)12(19)9-2-4-10(5-3-9)20-13(22)14(16,17)18/h2-5,8,11-12H,6-7,19H2,1H3,(H,20,22). The van der Waals surface area contributed by atoms with Crippen LogP contribution in [0.25, 0.3) is 0 Å². The normalized spacial score (nSPS) is 24.3. The molecule has 3 atom stereocenters. The van der Waals surface area contributed by atoms with Gasteiger partial charge < -0.3 is 15.8 Å². The van der Waals surface area contributed by atoms with Gasteiger partial charge in [-0.1, -0.05) is 28.1 Å². The fraction of sp³-hybridized carbons (Fsp3) is 0.500. The summed E-state index contributed by atoms with van der Waals surface area (Å²) in [5, 5.41) is 1.80. The highest BCUT2D eigenvalue weighted by molar-refractivity contribution is 9.09. The first-order valence-electron chi connectivity index (χ1n) is 6.93. The van der Waals surface area contributed by atoms with Crippen molar-refractivity contribution in [3.63, 3.8) is 0 Å². The summed E-state index contributed by atoms with van der Waals surface area (Å²) in [6.07, 6.45) is -5.30. The molecule has 0 spiro atoms. The summed E-state index contributed by atoms with van der Waals surface area (Å²) in [7, 11) is 0. The van der Waals surface area contributed by atoms with Crippen molar-refractivity contribution in [2.45, 2.75) is 30.3 Å². The Morgan fingerprint density at radius 3 is 2.61 bits per heavy atom. The number of halogens is 4. The Labute approximate surface area is 140 Å². The molecule has 1 aromatic rings. The summed E-state index contributed by atoms with van der Waals surface area (Å²) >= 11 is 3.49. The quantitative estimate of drug-likeness (QED) is 0.609. The number of hydrogen-bond donors (Lipinski definition) is 2. The van der Waals surface area contributed by atoms with E-state index in [0.29, 0.717) is 13.2 Å². The Hall–Kier alpha value is -1.16. The smallest absolute Gasteiger partial charge is 0.375 e. The highest BCUT2D eigenvalue weighted by Gasteiger charge is 2.38. The Morgan fingerprint density at radius 1 is 1.43 bits per heavy atom. The molecule has 1 fully saturated rings. The predicted molar refractivity (Wildman–Crippen MR) is 82.9 cm³/mol. The van der Waals surface area contributed by atoms with Gasteiger partial charge in [-0.05, 0) is 24.6 Å². The summed E-state index contributed by atoms with van der Waals surface area (Å²) in [5.41, 5.74) is 7.01. The highest BCUT2D eigenvalue weighted by Crippen LogP contribution is 2.26. The van der Waals surface area contributed by atoms with Gasteiger partial charge in [0.1, 0.15) is 0 Å². The topological polar surface area (TPSA) is 67.6 Å². The zero-order valence-electron chi connectivity index (χ0n) is 12.3. The van der Waals surface area contributed by atoms with Crippen molar-refractivity contribution in [3.05, 3.63) is 29.8 Å². The van der Waals surface area contributed by atoms with E-state index in [4.69, 9.17) is 10.5 Å². The second-order valence-corrected chi connectivity index (χ2v) is 6.35. The van der Waals surface area contributed by atoms with Gasteiger partial charge in [-0.15, -0.1) is 0 Å². The van der Waals surface area contributed by atoms with Crippen LogP contribution in [0.2, 0.25) is 0 Å². The lowest BCUT2D eigenvalue weighted by atomic mass is 10.1. The lowest BCUT2D eigenvalue weighted by Crippen LogP contribution is -2.49. The summed E-state index contributed by atoms with van der Waals surface area (Å²) in [6.45, 7) is 3.06. The van der Waals surface area contributed by atoms with Gasteiger partial charge in [0.05, 0.1) is 23.8 Å². The van der Waals surface area contributed by atoms with E-state index in [-0.39, 0.29) is 16.7 Å². The van der Waals surface area contributed by atoms with Gasteiger partial charge in [0, 0.05) is 12.2 Å². The first-order valence-corrected chi connectivity index (χ1v) is 7.85. The van der Waals surface area contributed by atoms with Crippen LogP contribution in [-0.4, -0.2) is 41.2 Å². The second kappa shape index (κ2) is 7.16. The van der Waals surface area contributed by atoms with E-state index in [1.807, 2.05) is 11.8 Å². The molecular formula is C14H17BrF3N3O2. The maximum atomic E-state index is 12.2. The molecule has 128 valence electrons. The molecule has 3 unspecified atom stereocenters. The zero-order valence-corrected chi connectivity index (χ0v) is 13.9. The van der Waals surface area contributed by atoms with Crippen molar-refractivity contribution >= 4 is 27.5 Å². The summed E-state index contributed by atoms with van der Waals surface area (Å²) in [5.74, 6) is -2.00. The predicted octanol–water partition coefficient (Wildman–Crippen LogP) is 2.59. The minimum atomic E-state index is -4.91. The minimum Gasteiger partial charge on any atom is -0.375 e. The number of morpholine rings is 1. The Morgan fingerprint density at radius 2 is 2.04 bits per heavy atom. The van der Waals surface area contributed by atoms with Gasteiger partial charge in [-0.25, -0.2) is 0 Å². The third kappa shape index (κ3) is 4.66. The first-order chi connectivity index (χ1) is 10.7. The van der Waals surface area contributed by atoms with Crippen molar-refractivity contribution < 1.29 is 22.7 Å². The van der Waals surface area contributed by atoms with E-state index in [2.05, 4.69) is 15.9 Å². The number of nitrogens with one attached hydrogen (secondary N) is 1. The fourth-order valence-electron chi connectivity index (χ4n) is 2.25. The molecule has 3 N–H and O–H groups in total. The van der Waals surface area contributed by atoms with Crippen LogP contribution < -0.4 is 11.1 Å². The van der Waals surface area contributed by atoms with Crippen LogP contribution in [0, 0.1) is 0 Å². The molecule has 1 aliphatic heterocycles. The Bertz CT molecular complexity index is 553. The SMILES string of the molecule is CC1CN(C(N)c2ccc(NC(=O)C(F)(F)F)cc2)C(Br)CO1. The van der Waals surface area contributed by atoms with E-state index in [9.17, 15) is 18.0 Å².